The third-order valence-electron chi connectivity index (χ3n) is 4.66. The van der Waals surface area contributed by atoms with Gasteiger partial charge in [0.1, 0.15) is 0 Å². The molecule has 2 N–H and O–H groups in total. The van der Waals surface area contributed by atoms with Crippen molar-refractivity contribution in [3.63, 3.8) is 0 Å². The van der Waals surface area contributed by atoms with Gasteiger partial charge in [-0.1, -0.05) is 18.1 Å². The quantitative estimate of drug-likeness (QED) is 0.911. The molecule has 0 aliphatic heterocycles. The van der Waals surface area contributed by atoms with Crippen LogP contribution in [0.25, 0.3) is 16.6 Å². The minimum atomic E-state index is 0.493. The molecule has 3 nitrogen and oxygen atoms in total. The smallest absolute Gasteiger partial charge is 0.0686 e. The predicted molar refractivity (Wildman–Crippen MR) is 84.2 cm³/mol. The molecule has 1 heterocycles. The van der Waals surface area contributed by atoms with E-state index in [2.05, 4.69) is 34.9 Å². The third kappa shape index (κ3) is 2.11. The minimum absolute atomic E-state index is 0.493. The van der Waals surface area contributed by atoms with Crippen molar-refractivity contribution in [3.05, 3.63) is 35.5 Å². The van der Waals surface area contributed by atoms with Crippen molar-refractivity contribution >= 4 is 16.6 Å². The first kappa shape index (κ1) is 13.2. The summed E-state index contributed by atoms with van der Waals surface area (Å²) in [7, 11) is 0. The van der Waals surface area contributed by atoms with Crippen molar-refractivity contribution < 1.29 is 0 Å². The first-order valence-electron chi connectivity index (χ1n) is 7.48. The monoisotopic (exact) mass is 269 g/mol. The van der Waals surface area contributed by atoms with Crippen molar-refractivity contribution in [2.45, 2.75) is 46.1 Å². The van der Waals surface area contributed by atoms with Gasteiger partial charge in [0, 0.05) is 11.1 Å². The molecule has 1 aromatic heterocycles. The van der Waals surface area contributed by atoms with Gasteiger partial charge in [0.15, 0.2) is 0 Å². The van der Waals surface area contributed by atoms with E-state index in [0.717, 1.165) is 22.8 Å². The number of nitrogens with zero attached hydrogens (tertiary/aromatic N) is 2. The van der Waals surface area contributed by atoms with E-state index in [1.165, 1.54) is 30.2 Å². The molecular weight excluding hydrogens is 246 g/mol. The lowest BCUT2D eigenvalue weighted by atomic mass is 9.80. The van der Waals surface area contributed by atoms with Crippen molar-refractivity contribution in [3.8, 4) is 0 Å². The van der Waals surface area contributed by atoms with Crippen LogP contribution in [0, 0.1) is 5.92 Å². The van der Waals surface area contributed by atoms with Crippen molar-refractivity contribution in [1.82, 2.24) is 9.78 Å². The van der Waals surface area contributed by atoms with Crippen LogP contribution in [0.3, 0.4) is 0 Å². The zero-order chi connectivity index (χ0) is 14.3. The van der Waals surface area contributed by atoms with Gasteiger partial charge < -0.3 is 5.73 Å². The fourth-order valence-electron chi connectivity index (χ4n) is 2.96. The van der Waals surface area contributed by atoms with Gasteiger partial charge in [-0.25, -0.2) is 0 Å². The number of hydrogen-bond acceptors (Lipinski definition) is 2. The average molecular weight is 269 g/mol. The van der Waals surface area contributed by atoms with E-state index in [1.54, 1.807) is 0 Å². The Hall–Kier alpha value is -1.77. The van der Waals surface area contributed by atoms with E-state index in [-0.39, 0.29) is 0 Å². The number of allylic oxidation sites excluding steroid dienone is 1. The van der Waals surface area contributed by atoms with E-state index in [4.69, 9.17) is 5.73 Å². The van der Waals surface area contributed by atoms with Gasteiger partial charge in [-0.15, -0.1) is 0 Å². The Balaban J connectivity index is 2.00. The Morgan fingerprint density at radius 2 is 2.10 bits per heavy atom. The highest BCUT2D eigenvalue weighted by Gasteiger charge is 2.26. The summed E-state index contributed by atoms with van der Waals surface area (Å²) in [5, 5.41) is 5.78. The SMILES string of the molecule is CC(C)=C(N)c1ccc2c(cnn2C(C)C2CCC2)c1. The highest BCUT2D eigenvalue weighted by Crippen LogP contribution is 2.37. The van der Waals surface area contributed by atoms with Crippen LogP contribution in [0.2, 0.25) is 0 Å². The lowest BCUT2D eigenvalue weighted by molar-refractivity contribution is 0.215. The van der Waals surface area contributed by atoms with E-state index in [9.17, 15) is 0 Å². The predicted octanol–water partition coefficient (Wildman–Crippen LogP) is 4.11. The van der Waals surface area contributed by atoms with Gasteiger partial charge in [-0.05, 0) is 57.2 Å². The van der Waals surface area contributed by atoms with Crippen LogP contribution >= 0.6 is 0 Å². The maximum atomic E-state index is 6.13. The van der Waals surface area contributed by atoms with Crippen LogP contribution < -0.4 is 5.73 Å². The number of fused-ring (bicyclic) bond motifs is 1. The summed E-state index contributed by atoms with van der Waals surface area (Å²) >= 11 is 0. The standard InChI is InChI=1S/C17H23N3/c1-11(2)17(18)14-7-8-16-15(9-14)10-19-20(16)12(3)13-5-4-6-13/h7-10,12-13H,4-6,18H2,1-3H3. The minimum Gasteiger partial charge on any atom is -0.398 e. The molecule has 0 radical (unpaired) electrons. The van der Waals surface area contributed by atoms with E-state index >= 15 is 0 Å². The van der Waals surface area contributed by atoms with Crippen molar-refractivity contribution in [1.29, 1.82) is 0 Å². The molecule has 3 rings (SSSR count). The molecule has 1 unspecified atom stereocenters. The summed E-state index contributed by atoms with van der Waals surface area (Å²) in [4.78, 5) is 0. The van der Waals surface area contributed by atoms with E-state index < -0.39 is 0 Å². The zero-order valence-corrected chi connectivity index (χ0v) is 12.6. The lowest BCUT2D eigenvalue weighted by Crippen LogP contribution is -2.23. The topological polar surface area (TPSA) is 43.8 Å². The van der Waals surface area contributed by atoms with Gasteiger partial charge in [0.25, 0.3) is 0 Å². The third-order valence-corrected chi connectivity index (χ3v) is 4.66. The summed E-state index contributed by atoms with van der Waals surface area (Å²) in [6.07, 6.45) is 6.01. The largest absolute Gasteiger partial charge is 0.398 e. The molecule has 0 bridgehead atoms. The Morgan fingerprint density at radius 1 is 1.35 bits per heavy atom. The van der Waals surface area contributed by atoms with Crippen molar-refractivity contribution in [2.75, 3.05) is 0 Å². The first-order chi connectivity index (χ1) is 9.58. The molecule has 3 heteroatoms. The Kier molecular flexibility index (Phi) is 3.28. The molecule has 106 valence electrons. The van der Waals surface area contributed by atoms with Crippen molar-refractivity contribution in [2.24, 2.45) is 11.7 Å². The Labute approximate surface area is 120 Å². The maximum Gasteiger partial charge on any atom is 0.0686 e. The normalized spacial score (nSPS) is 16.9. The molecule has 1 fully saturated rings. The molecule has 0 spiro atoms. The van der Waals surface area contributed by atoms with Gasteiger partial charge in [0.05, 0.1) is 17.8 Å². The fraction of sp³-hybridized carbons (Fsp3) is 0.471. The van der Waals surface area contributed by atoms with Gasteiger partial charge in [-0.3, -0.25) is 4.68 Å². The Bertz CT molecular complexity index is 658. The van der Waals surface area contributed by atoms with Crippen LogP contribution in [0.15, 0.2) is 30.0 Å². The number of nitrogens with two attached hydrogens (primary N) is 1. The van der Waals surface area contributed by atoms with E-state index in [1.807, 2.05) is 20.0 Å². The second-order valence-corrected chi connectivity index (χ2v) is 6.21. The zero-order valence-electron chi connectivity index (χ0n) is 12.6. The molecule has 0 amide bonds. The highest BCUT2D eigenvalue weighted by molar-refractivity contribution is 5.83. The molecule has 0 saturated heterocycles. The fourth-order valence-corrected chi connectivity index (χ4v) is 2.96. The van der Waals surface area contributed by atoms with E-state index in [0.29, 0.717) is 6.04 Å². The molecule has 1 saturated carbocycles. The average Bonchev–Trinajstić information content (AvgIpc) is 2.78. The Morgan fingerprint density at radius 3 is 2.70 bits per heavy atom. The molecule has 2 aromatic rings. The summed E-state index contributed by atoms with van der Waals surface area (Å²) in [5.41, 5.74) is 10.5. The number of aromatic nitrogens is 2. The summed E-state index contributed by atoms with van der Waals surface area (Å²) in [6.45, 7) is 6.37. The second-order valence-electron chi connectivity index (χ2n) is 6.21. The molecule has 1 aliphatic rings. The summed E-state index contributed by atoms with van der Waals surface area (Å²) < 4.78 is 2.18. The maximum absolute atomic E-state index is 6.13. The van der Waals surface area contributed by atoms with Gasteiger partial charge in [0.2, 0.25) is 0 Å². The van der Waals surface area contributed by atoms with Crippen LogP contribution in [-0.2, 0) is 0 Å². The molecular formula is C17H23N3. The summed E-state index contributed by atoms with van der Waals surface area (Å²) in [5.74, 6) is 0.792. The highest BCUT2D eigenvalue weighted by atomic mass is 15.3. The van der Waals surface area contributed by atoms with Crippen LogP contribution in [0.1, 0.15) is 51.6 Å². The summed E-state index contributed by atoms with van der Waals surface area (Å²) in [6, 6.07) is 6.90. The number of hydrogen-bond donors (Lipinski definition) is 1. The van der Waals surface area contributed by atoms with Crippen LogP contribution in [-0.4, -0.2) is 9.78 Å². The number of rotatable bonds is 3. The second kappa shape index (κ2) is 4.97. The molecule has 1 aliphatic carbocycles. The lowest BCUT2D eigenvalue weighted by Gasteiger charge is -2.31. The first-order valence-corrected chi connectivity index (χ1v) is 7.48. The number of benzene rings is 1. The molecule has 1 atom stereocenters. The molecule has 1 aromatic carbocycles. The van der Waals surface area contributed by atoms with Crippen LogP contribution in [0.5, 0.6) is 0 Å². The van der Waals surface area contributed by atoms with Gasteiger partial charge >= 0.3 is 0 Å². The van der Waals surface area contributed by atoms with Gasteiger partial charge in [-0.2, -0.15) is 5.10 Å². The molecule has 20 heavy (non-hydrogen) atoms. The van der Waals surface area contributed by atoms with Crippen LogP contribution in [0.4, 0.5) is 0 Å².